The molecule has 0 spiro atoms. The van der Waals surface area contributed by atoms with Crippen LogP contribution in [0.25, 0.3) is 0 Å². The van der Waals surface area contributed by atoms with Crippen LogP contribution in [0.5, 0.6) is 0 Å². The normalized spacial score (nSPS) is 13.1. The lowest BCUT2D eigenvalue weighted by molar-refractivity contribution is -0.151. The Labute approximate surface area is 207 Å². The van der Waals surface area contributed by atoms with Crippen LogP contribution in [-0.4, -0.2) is 52.9 Å². The molecule has 2 rings (SSSR count). The van der Waals surface area contributed by atoms with E-state index in [1.807, 2.05) is 54.6 Å². The number of carboxylic acids is 1. The number of esters is 1. The minimum atomic E-state index is -1.20. The van der Waals surface area contributed by atoms with Gasteiger partial charge in [0.2, 0.25) is 0 Å². The average molecular weight is 485 g/mol. The number of hydrazine groups is 1. The molecule has 0 bridgehead atoms. The van der Waals surface area contributed by atoms with E-state index in [2.05, 4.69) is 19.3 Å². The zero-order valence-corrected chi connectivity index (χ0v) is 21.3. The molecule has 2 atom stereocenters. The van der Waals surface area contributed by atoms with E-state index >= 15 is 0 Å². The van der Waals surface area contributed by atoms with Gasteiger partial charge in [-0.1, -0.05) is 68.4 Å². The Bertz CT molecular complexity index is 1000. The van der Waals surface area contributed by atoms with Gasteiger partial charge in [-0.25, -0.2) is 20.0 Å². The molecule has 1 amide bonds. The molecule has 0 aromatic heterocycles. The molecule has 0 fully saturated rings. The van der Waals surface area contributed by atoms with Crippen molar-refractivity contribution < 1.29 is 29.0 Å². The van der Waals surface area contributed by atoms with Crippen molar-refractivity contribution >= 4 is 18.0 Å². The number of carbonyl (C=O) groups excluding carboxylic acids is 2. The number of amides is 1. The number of methoxy groups -OCH3 is 1. The Morgan fingerprint density at radius 1 is 0.971 bits per heavy atom. The lowest BCUT2D eigenvalue weighted by Crippen LogP contribution is -2.60. The fourth-order valence-corrected chi connectivity index (χ4v) is 3.51. The van der Waals surface area contributed by atoms with Crippen molar-refractivity contribution in [3.8, 4) is 0 Å². The van der Waals surface area contributed by atoms with E-state index in [1.165, 1.54) is 7.11 Å². The second-order valence-electron chi connectivity index (χ2n) is 9.70. The van der Waals surface area contributed by atoms with Crippen LogP contribution in [0.3, 0.4) is 0 Å². The van der Waals surface area contributed by atoms with Crippen LogP contribution in [0, 0.1) is 0 Å². The van der Waals surface area contributed by atoms with Crippen molar-refractivity contribution in [2.45, 2.75) is 71.1 Å². The first-order valence-corrected chi connectivity index (χ1v) is 11.6. The molecule has 2 aromatic rings. The largest absolute Gasteiger partial charge is 0.480 e. The summed E-state index contributed by atoms with van der Waals surface area (Å²) in [5.74, 6) is -1.59. The SMILES string of the molecule is COC(=O)[C@H](Cc1ccccc1)N(N[C@@H](Cc1cccc(C(C)C)c1)C(=O)O)C(=O)OC(C)(C)C. The molecule has 2 aromatic carbocycles. The number of rotatable bonds is 10. The number of nitrogens with zero attached hydrogens (tertiary/aromatic N) is 1. The van der Waals surface area contributed by atoms with Gasteiger partial charge in [0.25, 0.3) is 0 Å². The average Bonchev–Trinajstić information content (AvgIpc) is 2.79. The third-order valence-electron chi connectivity index (χ3n) is 5.30. The Balaban J connectivity index is 2.42. The van der Waals surface area contributed by atoms with Crippen molar-refractivity contribution in [1.29, 1.82) is 0 Å². The van der Waals surface area contributed by atoms with Crippen molar-refractivity contribution in [2.75, 3.05) is 7.11 Å². The van der Waals surface area contributed by atoms with Gasteiger partial charge in [0.15, 0.2) is 6.04 Å². The smallest absolute Gasteiger partial charge is 0.425 e. The highest BCUT2D eigenvalue weighted by atomic mass is 16.6. The number of carboxylic acid groups (broad SMARTS) is 1. The van der Waals surface area contributed by atoms with Crippen LogP contribution in [0.15, 0.2) is 54.6 Å². The van der Waals surface area contributed by atoms with Crippen LogP contribution in [0.2, 0.25) is 0 Å². The van der Waals surface area contributed by atoms with Gasteiger partial charge in [0.05, 0.1) is 7.11 Å². The molecule has 2 N–H and O–H groups in total. The topological polar surface area (TPSA) is 105 Å². The zero-order valence-electron chi connectivity index (χ0n) is 21.3. The fraction of sp³-hybridized carbons (Fsp3) is 0.444. The second-order valence-corrected chi connectivity index (χ2v) is 9.70. The summed E-state index contributed by atoms with van der Waals surface area (Å²) in [4.78, 5) is 38.2. The van der Waals surface area contributed by atoms with Gasteiger partial charge in [-0.15, -0.1) is 0 Å². The number of ether oxygens (including phenoxy) is 2. The summed E-state index contributed by atoms with van der Waals surface area (Å²) in [6.07, 6.45) is -0.672. The number of carbonyl (C=O) groups is 3. The van der Waals surface area contributed by atoms with Crippen molar-refractivity contribution in [2.24, 2.45) is 0 Å². The minimum Gasteiger partial charge on any atom is -0.480 e. The van der Waals surface area contributed by atoms with Crippen LogP contribution in [-0.2, 0) is 31.9 Å². The van der Waals surface area contributed by atoms with E-state index in [4.69, 9.17) is 9.47 Å². The van der Waals surface area contributed by atoms with Crippen LogP contribution in [0.4, 0.5) is 4.79 Å². The van der Waals surface area contributed by atoms with Gasteiger partial charge in [0.1, 0.15) is 11.6 Å². The summed E-state index contributed by atoms with van der Waals surface area (Å²) >= 11 is 0. The molecular formula is C27H36N2O6. The monoisotopic (exact) mass is 484 g/mol. The van der Waals surface area contributed by atoms with Gasteiger partial charge < -0.3 is 14.6 Å². The second kappa shape index (κ2) is 12.4. The van der Waals surface area contributed by atoms with Gasteiger partial charge in [-0.3, -0.25) is 4.79 Å². The van der Waals surface area contributed by atoms with E-state index in [9.17, 15) is 19.5 Å². The number of aliphatic carboxylic acids is 1. The van der Waals surface area contributed by atoms with Gasteiger partial charge in [0, 0.05) is 12.8 Å². The number of nitrogens with one attached hydrogen (secondary N) is 1. The predicted octanol–water partition coefficient (Wildman–Crippen LogP) is 4.33. The Hall–Kier alpha value is -3.39. The van der Waals surface area contributed by atoms with E-state index < -0.39 is 35.7 Å². The number of benzene rings is 2. The molecule has 8 heteroatoms. The van der Waals surface area contributed by atoms with E-state index in [0.29, 0.717) is 0 Å². The maximum absolute atomic E-state index is 13.2. The van der Waals surface area contributed by atoms with Crippen molar-refractivity contribution in [1.82, 2.24) is 10.4 Å². The highest BCUT2D eigenvalue weighted by Gasteiger charge is 2.37. The Morgan fingerprint density at radius 2 is 1.60 bits per heavy atom. The molecule has 0 saturated heterocycles. The molecule has 0 radical (unpaired) electrons. The van der Waals surface area contributed by atoms with E-state index in [0.717, 1.165) is 21.7 Å². The van der Waals surface area contributed by atoms with Gasteiger partial charge >= 0.3 is 18.0 Å². The van der Waals surface area contributed by atoms with Crippen molar-refractivity contribution in [3.63, 3.8) is 0 Å². The predicted molar refractivity (Wildman–Crippen MR) is 133 cm³/mol. The Kier molecular flexibility index (Phi) is 9.83. The standard InChI is InChI=1S/C27H36N2O6/c1-18(2)21-14-10-13-20(15-21)16-22(24(30)31)28-29(26(33)35-27(3,4)5)23(25(32)34-6)17-19-11-8-7-9-12-19/h7-15,18,22-23,28H,16-17H2,1-6H3,(H,30,31)/t22-,23-/m0/s1. The summed E-state index contributed by atoms with van der Waals surface area (Å²) in [7, 11) is 1.22. The highest BCUT2D eigenvalue weighted by molar-refractivity contribution is 5.82. The Morgan fingerprint density at radius 3 is 2.14 bits per heavy atom. The zero-order chi connectivity index (χ0) is 26.2. The molecule has 35 heavy (non-hydrogen) atoms. The number of hydrogen-bond acceptors (Lipinski definition) is 6. The van der Waals surface area contributed by atoms with Crippen molar-refractivity contribution in [3.05, 3.63) is 71.3 Å². The fourth-order valence-electron chi connectivity index (χ4n) is 3.51. The molecular weight excluding hydrogens is 448 g/mol. The van der Waals surface area contributed by atoms with Gasteiger partial charge in [-0.05, 0) is 43.4 Å². The quantitative estimate of drug-likeness (QED) is 0.382. The van der Waals surface area contributed by atoms with Gasteiger partial charge in [-0.2, -0.15) is 0 Å². The van der Waals surface area contributed by atoms with E-state index in [1.54, 1.807) is 20.8 Å². The van der Waals surface area contributed by atoms with Crippen LogP contribution >= 0.6 is 0 Å². The minimum absolute atomic E-state index is 0.0917. The first kappa shape index (κ1) is 27.9. The summed E-state index contributed by atoms with van der Waals surface area (Å²) in [6, 6.07) is 14.4. The lowest BCUT2D eigenvalue weighted by atomic mass is 9.98. The third-order valence-corrected chi connectivity index (χ3v) is 5.30. The molecule has 0 heterocycles. The molecule has 190 valence electrons. The molecule has 0 aliphatic rings. The van der Waals surface area contributed by atoms with Crippen LogP contribution in [0.1, 0.15) is 57.2 Å². The molecule has 8 nitrogen and oxygen atoms in total. The molecule has 0 saturated carbocycles. The van der Waals surface area contributed by atoms with Crippen LogP contribution < -0.4 is 5.43 Å². The highest BCUT2D eigenvalue weighted by Crippen LogP contribution is 2.19. The number of hydrogen-bond donors (Lipinski definition) is 2. The maximum Gasteiger partial charge on any atom is 0.425 e. The summed E-state index contributed by atoms with van der Waals surface area (Å²) in [6.45, 7) is 9.19. The molecule has 0 aliphatic heterocycles. The molecule has 0 unspecified atom stereocenters. The maximum atomic E-state index is 13.2. The summed E-state index contributed by atoms with van der Waals surface area (Å²) < 4.78 is 10.5. The molecule has 0 aliphatic carbocycles. The van der Waals surface area contributed by atoms with E-state index in [-0.39, 0.29) is 18.8 Å². The summed E-state index contributed by atoms with van der Waals surface area (Å²) in [5.41, 5.74) is 4.54. The third kappa shape index (κ3) is 8.72. The first-order chi connectivity index (χ1) is 16.4. The summed E-state index contributed by atoms with van der Waals surface area (Å²) in [5, 5.41) is 10.9. The first-order valence-electron chi connectivity index (χ1n) is 11.6. The lowest BCUT2D eigenvalue weighted by Gasteiger charge is -2.34.